The maximum absolute atomic E-state index is 12.2. The second-order valence-electron chi connectivity index (χ2n) is 5.53. The number of nitrogens with one attached hydrogen (secondary N) is 2. The minimum Gasteiger partial charge on any atom is -0.495 e. The number of benzene rings is 1. The molecule has 0 bridgehead atoms. The van der Waals surface area contributed by atoms with E-state index in [4.69, 9.17) is 26.4 Å². The number of carbonyl (C=O) groups is 2. The summed E-state index contributed by atoms with van der Waals surface area (Å²) in [7, 11) is 4.12. The number of thiophene rings is 1. The van der Waals surface area contributed by atoms with Crippen LogP contribution in [0.2, 0.25) is 0 Å². The molecule has 0 atom stereocenters. The second-order valence-corrected chi connectivity index (χ2v) is 6.96. The molecule has 0 fully saturated rings. The molecule has 0 saturated carbocycles. The quantitative estimate of drug-likeness (QED) is 0.571. The van der Waals surface area contributed by atoms with Crippen LogP contribution in [-0.2, 0) is 9.47 Å². The Hall–Kier alpha value is -2.65. The Kier molecular flexibility index (Phi) is 6.75. The fourth-order valence-electron chi connectivity index (χ4n) is 2.41. The lowest BCUT2D eigenvalue weighted by molar-refractivity contribution is 0.0601. The smallest absolute Gasteiger partial charge is 0.348 e. The van der Waals surface area contributed by atoms with Crippen LogP contribution in [0.25, 0.3) is 0 Å². The Morgan fingerprint density at radius 3 is 2.30 bits per heavy atom. The minimum atomic E-state index is -0.572. The van der Waals surface area contributed by atoms with Crippen LogP contribution in [0.1, 0.15) is 31.2 Å². The normalized spacial score (nSPS) is 10.1. The summed E-state index contributed by atoms with van der Waals surface area (Å²) in [5.41, 5.74) is 2.41. The molecular weight excluding hydrogens is 388 g/mol. The fraction of sp³-hybridized carbons (Fsp3) is 0.278. The van der Waals surface area contributed by atoms with Gasteiger partial charge in [-0.25, -0.2) is 9.59 Å². The van der Waals surface area contributed by atoms with Gasteiger partial charge in [-0.3, -0.25) is 0 Å². The van der Waals surface area contributed by atoms with Gasteiger partial charge < -0.3 is 24.8 Å². The van der Waals surface area contributed by atoms with E-state index in [1.807, 2.05) is 25.1 Å². The number of rotatable bonds is 5. The van der Waals surface area contributed by atoms with Crippen LogP contribution in [0.15, 0.2) is 18.2 Å². The summed E-state index contributed by atoms with van der Waals surface area (Å²) in [5, 5.41) is 6.63. The highest BCUT2D eigenvalue weighted by Crippen LogP contribution is 2.34. The predicted molar refractivity (Wildman–Crippen MR) is 109 cm³/mol. The topological polar surface area (TPSA) is 85.9 Å². The Labute approximate surface area is 166 Å². The van der Waals surface area contributed by atoms with Crippen molar-refractivity contribution in [3.8, 4) is 5.75 Å². The first-order chi connectivity index (χ1) is 12.8. The van der Waals surface area contributed by atoms with Crippen LogP contribution in [0, 0.1) is 13.8 Å². The number of carbonyl (C=O) groups excluding carboxylic acids is 2. The Balaban J connectivity index is 2.33. The Morgan fingerprint density at radius 1 is 1.04 bits per heavy atom. The van der Waals surface area contributed by atoms with E-state index in [9.17, 15) is 9.59 Å². The molecular formula is C18H20N2O5S2. The molecule has 144 valence electrons. The van der Waals surface area contributed by atoms with E-state index in [-0.39, 0.29) is 10.7 Å². The minimum absolute atomic E-state index is 0.238. The lowest BCUT2D eigenvalue weighted by Gasteiger charge is -2.14. The van der Waals surface area contributed by atoms with Gasteiger partial charge >= 0.3 is 11.9 Å². The van der Waals surface area contributed by atoms with E-state index in [1.54, 1.807) is 14.0 Å². The van der Waals surface area contributed by atoms with Crippen molar-refractivity contribution in [3.63, 3.8) is 0 Å². The highest BCUT2D eigenvalue weighted by molar-refractivity contribution is 7.80. The van der Waals surface area contributed by atoms with Crippen molar-refractivity contribution < 1.29 is 23.8 Å². The average molecular weight is 409 g/mol. The lowest BCUT2D eigenvalue weighted by Crippen LogP contribution is -2.20. The number of anilines is 2. The van der Waals surface area contributed by atoms with E-state index >= 15 is 0 Å². The van der Waals surface area contributed by atoms with Crippen molar-refractivity contribution in [1.82, 2.24) is 0 Å². The molecule has 2 aromatic rings. The van der Waals surface area contributed by atoms with Gasteiger partial charge in [0.05, 0.1) is 32.6 Å². The van der Waals surface area contributed by atoms with E-state index in [2.05, 4.69) is 10.6 Å². The van der Waals surface area contributed by atoms with E-state index in [0.29, 0.717) is 26.9 Å². The van der Waals surface area contributed by atoms with Crippen molar-refractivity contribution in [3.05, 3.63) is 39.8 Å². The fourth-order valence-corrected chi connectivity index (χ4v) is 3.81. The summed E-state index contributed by atoms with van der Waals surface area (Å²) >= 11 is 6.43. The van der Waals surface area contributed by atoms with Crippen molar-refractivity contribution in [2.75, 3.05) is 32.0 Å². The van der Waals surface area contributed by atoms with Gasteiger partial charge in [-0.2, -0.15) is 0 Å². The molecule has 0 radical (unpaired) electrons. The third-order valence-corrected chi connectivity index (χ3v) is 5.13. The van der Waals surface area contributed by atoms with E-state index in [1.165, 1.54) is 14.2 Å². The van der Waals surface area contributed by atoms with Gasteiger partial charge in [-0.15, -0.1) is 11.3 Å². The molecule has 1 aromatic carbocycles. The lowest BCUT2D eigenvalue weighted by atomic mass is 10.1. The highest BCUT2D eigenvalue weighted by Gasteiger charge is 2.26. The Bertz CT molecular complexity index is 892. The molecule has 7 nitrogen and oxygen atoms in total. The zero-order chi connectivity index (χ0) is 20.1. The van der Waals surface area contributed by atoms with Crippen molar-refractivity contribution >= 4 is 51.3 Å². The summed E-state index contributed by atoms with van der Waals surface area (Å²) in [4.78, 5) is 24.4. The molecule has 27 heavy (non-hydrogen) atoms. The largest absolute Gasteiger partial charge is 0.495 e. The molecule has 0 saturated heterocycles. The molecule has 0 spiro atoms. The molecule has 2 N–H and O–H groups in total. The first kappa shape index (κ1) is 20.7. The van der Waals surface area contributed by atoms with Crippen LogP contribution >= 0.6 is 23.6 Å². The maximum Gasteiger partial charge on any atom is 0.348 e. The molecule has 1 aromatic heterocycles. The number of ether oxygens (including phenoxy) is 3. The van der Waals surface area contributed by atoms with Crippen molar-refractivity contribution in [1.29, 1.82) is 0 Å². The maximum atomic E-state index is 12.2. The first-order valence-corrected chi connectivity index (χ1v) is 9.07. The zero-order valence-electron chi connectivity index (χ0n) is 15.6. The molecule has 0 aliphatic heterocycles. The number of hydrogen-bond acceptors (Lipinski definition) is 7. The number of thiocarbonyl (C=S) groups is 1. The van der Waals surface area contributed by atoms with Gasteiger partial charge in [0.2, 0.25) is 0 Å². The van der Waals surface area contributed by atoms with Gasteiger partial charge in [-0.1, -0.05) is 6.07 Å². The monoisotopic (exact) mass is 408 g/mol. The summed E-state index contributed by atoms with van der Waals surface area (Å²) < 4.78 is 14.9. The van der Waals surface area contributed by atoms with Crippen molar-refractivity contribution in [2.45, 2.75) is 13.8 Å². The van der Waals surface area contributed by atoms with Gasteiger partial charge in [0.15, 0.2) is 5.11 Å². The average Bonchev–Trinajstić information content (AvgIpc) is 2.96. The van der Waals surface area contributed by atoms with Gasteiger partial charge in [-0.05, 0) is 49.3 Å². The second kappa shape index (κ2) is 8.83. The summed E-state index contributed by atoms with van der Waals surface area (Å²) in [5.74, 6) is -0.483. The summed E-state index contributed by atoms with van der Waals surface area (Å²) in [6, 6.07) is 5.62. The van der Waals surface area contributed by atoms with Gasteiger partial charge in [0.1, 0.15) is 15.6 Å². The van der Waals surface area contributed by atoms with Gasteiger partial charge in [0, 0.05) is 0 Å². The molecule has 0 unspecified atom stereocenters. The molecule has 0 aliphatic carbocycles. The summed E-state index contributed by atoms with van der Waals surface area (Å²) in [6.45, 7) is 3.60. The third kappa shape index (κ3) is 4.55. The standard InChI is InChI=1S/C18H20N2O5S2/c1-9-6-7-12(23-3)11(8-9)19-18(26)20-15-13(16(21)24-4)10(2)14(27-15)17(22)25-5/h6-8H,1-5H3,(H2,19,20,26). The van der Waals surface area contributed by atoms with Crippen LogP contribution < -0.4 is 15.4 Å². The molecule has 0 aliphatic rings. The molecule has 9 heteroatoms. The highest BCUT2D eigenvalue weighted by atomic mass is 32.1. The third-order valence-electron chi connectivity index (χ3n) is 3.74. The van der Waals surface area contributed by atoms with Crippen LogP contribution in [0.3, 0.4) is 0 Å². The number of esters is 2. The SMILES string of the molecule is COC(=O)c1sc(NC(=S)Nc2cc(C)ccc2OC)c(C(=O)OC)c1C. The predicted octanol–water partition coefficient (Wildman–Crippen LogP) is 3.76. The van der Waals surface area contributed by atoms with E-state index < -0.39 is 11.9 Å². The number of aryl methyl sites for hydroxylation is 1. The number of hydrogen-bond donors (Lipinski definition) is 2. The zero-order valence-corrected chi connectivity index (χ0v) is 17.2. The van der Waals surface area contributed by atoms with E-state index in [0.717, 1.165) is 16.9 Å². The van der Waals surface area contributed by atoms with Crippen LogP contribution in [0.5, 0.6) is 5.75 Å². The molecule has 0 amide bonds. The molecule has 1 heterocycles. The number of methoxy groups -OCH3 is 3. The van der Waals surface area contributed by atoms with Crippen LogP contribution in [0.4, 0.5) is 10.7 Å². The molecule has 2 rings (SSSR count). The Morgan fingerprint density at radius 2 is 1.70 bits per heavy atom. The van der Waals surface area contributed by atoms with Gasteiger partial charge in [0.25, 0.3) is 0 Å². The van der Waals surface area contributed by atoms with Crippen molar-refractivity contribution in [2.24, 2.45) is 0 Å². The summed E-state index contributed by atoms with van der Waals surface area (Å²) in [6.07, 6.45) is 0. The first-order valence-electron chi connectivity index (χ1n) is 7.85. The van der Waals surface area contributed by atoms with Crippen LogP contribution in [-0.4, -0.2) is 38.4 Å².